The van der Waals surface area contributed by atoms with Crippen molar-refractivity contribution in [2.24, 2.45) is 5.92 Å². The van der Waals surface area contributed by atoms with E-state index >= 15 is 0 Å². The van der Waals surface area contributed by atoms with Crippen LogP contribution in [0.3, 0.4) is 0 Å². The Morgan fingerprint density at radius 1 is 1.20 bits per heavy atom. The predicted octanol–water partition coefficient (Wildman–Crippen LogP) is 5.89. The second-order valence-corrected chi connectivity index (χ2v) is 8.17. The second kappa shape index (κ2) is 9.00. The van der Waals surface area contributed by atoms with Crippen molar-refractivity contribution in [3.63, 3.8) is 0 Å². The number of ether oxygens (including phenoxy) is 2. The molecule has 0 saturated heterocycles. The smallest absolute Gasteiger partial charge is 0.311 e. The molecule has 0 bridgehead atoms. The molecule has 0 saturated carbocycles. The van der Waals surface area contributed by atoms with Gasteiger partial charge in [-0.15, -0.1) is 0 Å². The van der Waals surface area contributed by atoms with Crippen LogP contribution in [0.4, 0.5) is 4.39 Å². The maximum Gasteiger partial charge on any atom is 0.311 e. The van der Waals surface area contributed by atoms with E-state index < -0.39 is 11.8 Å². The van der Waals surface area contributed by atoms with Crippen molar-refractivity contribution in [2.45, 2.75) is 33.6 Å². The highest BCUT2D eigenvalue weighted by atomic mass is 79.9. The first-order chi connectivity index (χ1) is 14.3. The number of hydrogen-bond donors (Lipinski definition) is 0. The Morgan fingerprint density at radius 2 is 1.87 bits per heavy atom. The summed E-state index contributed by atoms with van der Waals surface area (Å²) in [5.74, 6) is -0.936. The molecule has 0 aliphatic carbocycles. The number of fused-ring (bicyclic) bond motifs is 1. The van der Waals surface area contributed by atoms with Gasteiger partial charge in [0, 0.05) is 27.9 Å². The van der Waals surface area contributed by atoms with Crippen molar-refractivity contribution < 1.29 is 23.5 Å². The van der Waals surface area contributed by atoms with E-state index in [9.17, 15) is 14.0 Å². The minimum absolute atomic E-state index is 0.00923. The lowest BCUT2D eigenvalue weighted by Gasteiger charge is -2.09. The number of carbonyl (C=O) groups excluding carboxylic acids is 2. The fourth-order valence-corrected chi connectivity index (χ4v) is 3.50. The summed E-state index contributed by atoms with van der Waals surface area (Å²) in [5, 5.41) is 0.439. The van der Waals surface area contributed by atoms with Crippen LogP contribution in [-0.2, 0) is 4.79 Å². The summed E-state index contributed by atoms with van der Waals surface area (Å²) >= 11 is 3.35. The number of benzene rings is 2. The maximum atomic E-state index is 14.5. The minimum atomic E-state index is -0.607. The van der Waals surface area contributed by atoms with Gasteiger partial charge in [0.15, 0.2) is 17.3 Å². The van der Waals surface area contributed by atoms with Crippen LogP contribution >= 0.6 is 15.9 Å². The van der Waals surface area contributed by atoms with E-state index in [2.05, 4.69) is 15.9 Å². The topological polar surface area (TPSA) is 57.5 Å². The number of methoxy groups -OCH3 is 1. The minimum Gasteiger partial charge on any atom is -0.494 e. The van der Waals surface area contributed by atoms with Gasteiger partial charge in [-0.25, -0.2) is 4.39 Å². The summed E-state index contributed by atoms with van der Waals surface area (Å²) in [6.07, 6.45) is 1.10. The van der Waals surface area contributed by atoms with E-state index in [-0.39, 0.29) is 29.7 Å². The van der Waals surface area contributed by atoms with Crippen molar-refractivity contribution >= 4 is 38.7 Å². The molecular weight excluding hydrogens is 453 g/mol. The molecule has 7 heteroatoms. The Labute approximate surface area is 182 Å². The summed E-state index contributed by atoms with van der Waals surface area (Å²) < 4.78 is 27.4. The Morgan fingerprint density at radius 3 is 2.47 bits per heavy atom. The fourth-order valence-electron chi connectivity index (χ4n) is 3.24. The zero-order valence-electron chi connectivity index (χ0n) is 17.3. The zero-order chi connectivity index (χ0) is 22.0. The van der Waals surface area contributed by atoms with Crippen LogP contribution in [0.1, 0.15) is 42.7 Å². The van der Waals surface area contributed by atoms with Gasteiger partial charge in [-0.2, -0.15) is 0 Å². The molecule has 3 rings (SSSR count). The number of aromatic nitrogens is 1. The van der Waals surface area contributed by atoms with E-state index in [0.717, 1.165) is 10.9 Å². The van der Waals surface area contributed by atoms with Gasteiger partial charge in [-0.1, -0.05) is 36.2 Å². The van der Waals surface area contributed by atoms with Crippen LogP contribution in [0.15, 0.2) is 40.9 Å². The van der Waals surface area contributed by atoms with Gasteiger partial charge in [0.05, 0.1) is 18.3 Å². The lowest BCUT2D eigenvalue weighted by atomic mass is 10.1. The van der Waals surface area contributed by atoms with Crippen molar-refractivity contribution in [3.8, 4) is 11.5 Å². The molecule has 2 aromatic carbocycles. The number of nitrogens with zero attached hydrogens (tertiary/aromatic N) is 1. The first kappa shape index (κ1) is 22.0. The van der Waals surface area contributed by atoms with E-state index in [1.165, 1.54) is 23.8 Å². The van der Waals surface area contributed by atoms with E-state index in [0.29, 0.717) is 22.2 Å². The summed E-state index contributed by atoms with van der Waals surface area (Å²) in [7, 11) is 1.36. The molecule has 1 aromatic heterocycles. The number of rotatable bonds is 6. The van der Waals surface area contributed by atoms with Gasteiger partial charge in [-0.3, -0.25) is 14.2 Å². The summed E-state index contributed by atoms with van der Waals surface area (Å²) in [6.45, 7) is 5.64. The monoisotopic (exact) mass is 475 g/mol. The average Bonchev–Trinajstić information content (AvgIpc) is 2.97. The van der Waals surface area contributed by atoms with Crippen molar-refractivity contribution in [2.75, 3.05) is 7.11 Å². The summed E-state index contributed by atoms with van der Waals surface area (Å²) in [5.41, 5.74) is 1.15. The van der Waals surface area contributed by atoms with E-state index in [1.54, 1.807) is 31.2 Å². The summed E-state index contributed by atoms with van der Waals surface area (Å²) in [4.78, 5) is 25.7. The van der Waals surface area contributed by atoms with Gasteiger partial charge in [0.2, 0.25) is 0 Å². The SMILES string of the molecule is CCC(C)CC(=O)Oc1c(C)n(C(=O)c2ccc(Br)cc2)c2cc(F)c(OC)cc12. The highest BCUT2D eigenvalue weighted by molar-refractivity contribution is 9.10. The second-order valence-electron chi connectivity index (χ2n) is 7.26. The van der Waals surface area contributed by atoms with Crippen LogP contribution in [0.25, 0.3) is 10.9 Å². The fraction of sp³-hybridized carbons (Fsp3) is 0.304. The van der Waals surface area contributed by atoms with Gasteiger partial charge >= 0.3 is 5.97 Å². The highest BCUT2D eigenvalue weighted by Crippen LogP contribution is 2.37. The molecule has 0 radical (unpaired) electrons. The van der Waals surface area contributed by atoms with Crippen LogP contribution in [-0.4, -0.2) is 23.6 Å². The molecule has 5 nitrogen and oxygen atoms in total. The largest absolute Gasteiger partial charge is 0.494 e. The number of hydrogen-bond acceptors (Lipinski definition) is 4. The predicted molar refractivity (Wildman–Crippen MR) is 117 cm³/mol. The summed E-state index contributed by atoms with van der Waals surface area (Å²) in [6, 6.07) is 9.53. The zero-order valence-corrected chi connectivity index (χ0v) is 18.9. The average molecular weight is 476 g/mol. The third kappa shape index (κ3) is 4.26. The molecular formula is C23H23BrFNO4. The van der Waals surface area contributed by atoms with Crippen LogP contribution in [0.5, 0.6) is 11.5 Å². The van der Waals surface area contributed by atoms with Crippen molar-refractivity contribution in [1.29, 1.82) is 0 Å². The molecule has 0 aliphatic rings. The molecule has 1 atom stereocenters. The number of carbonyl (C=O) groups is 2. The third-order valence-electron chi connectivity index (χ3n) is 5.14. The molecule has 0 amide bonds. The molecule has 158 valence electrons. The molecule has 3 aromatic rings. The van der Waals surface area contributed by atoms with Gasteiger partial charge in [0.25, 0.3) is 5.91 Å². The number of esters is 1. The quantitative estimate of drug-likeness (QED) is 0.417. The van der Waals surface area contributed by atoms with E-state index in [1.807, 2.05) is 13.8 Å². The molecule has 1 heterocycles. The van der Waals surface area contributed by atoms with Crippen LogP contribution in [0, 0.1) is 18.7 Å². The Hall–Kier alpha value is -2.67. The molecule has 0 N–H and O–H groups in total. The number of halogens is 2. The van der Waals surface area contributed by atoms with Crippen LogP contribution < -0.4 is 9.47 Å². The lowest BCUT2D eigenvalue weighted by Crippen LogP contribution is -2.15. The Bertz CT molecular complexity index is 1100. The lowest BCUT2D eigenvalue weighted by molar-refractivity contribution is -0.135. The van der Waals surface area contributed by atoms with Crippen molar-refractivity contribution in [3.05, 3.63) is 57.9 Å². The highest BCUT2D eigenvalue weighted by Gasteiger charge is 2.25. The third-order valence-corrected chi connectivity index (χ3v) is 5.67. The van der Waals surface area contributed by atoms with Gasteiger partial charge in [0.1, 0.15) is 0 Å². The van der Waals surface area contributed by atoms with Crippen LogP contribution in [0.2, 0.25) is 0 Å². The van der Waals surface area contributed by atoms with Crippen molar-refractivity contribution in [1.82, 2.24) is 4.57 Å². The molecule has 0 spiro atoms. The maximum absolute atomic E-state index is 14.5. The Kier molecular flexibility index (Phi) is 6.61. The molecule has 0 fully saturated rings. The van der Waals surface area contributed by atoms with Gasteiger partial charge < -0.3 is 9.47 Å². The first-order valence-corrected chi connectivity index (χ1v) is 10.5. The first-order valence-electron chi connectivity index (χ1n) is 9.66. The molecule has 1 unspecified atom stereocenters. The Balaban J connectivity index is 2.16. The normalized spacial score (nSPS) is 12.1. The standard InChI is InChI=1S/C23H23BrFNO4/c1-5-13(2)10-21(27)30-22-14(3)26(23(28)15-6-8-16(24)9-7-15)19-12-18(25)20(29-4)11-17(19)22/h6-9,11-13H,5,10H2,1-4H3. The van der Waals surface area contributed by atoms with Gasteiger partial charge in [-0.05, 0) is 43.2 Å². The molecule has 0 aliphatic heterocycles. The molecule has 30 heavy (non-hydrogen) atoms. The van der Waals surface area contributed by atoms with E-state index in [4.69, 9.17) is 9.47 Å².